The lowest BCUT2D eigenvalue weighted by atomic mass is 10.0. The van der Waals surface area contributed by atoms with Crippen LogP contribution in [0, 0.1) is 0 Å². The third-order valence-electron chi connectivity index (χ3n) is 5.16. The second kappa shape index (κ2) is 8.65. The van der Waals surface area contributed by atoms with Crippen LogP contribution in [-0.4, -0.2) is 22.1 Å². The number of hydrogen-bond acceptors (Lipinski definition) is 5. The first-order chi connectivity index (χ1) is 15.7. The van der Waals surface area contributed by atoms with Crippen LogP contribution in [0.5, 0.6) is 5.75 Å². The predicted octanol–water partition coefficient (Wildman–Crippen LogP) is 6.76. The number of benzene rings is 3. The van der Waals surface area contributed by atoms with Crippen molar-refractivity contribution in [3.05, 3.63) is 96.3 Å². The lowest BCUT2D eigenvalue weighted by molar-refractivity contribution is 0.415. The highest BCUT2D eigenvalue weighted by Gasteiger charge is 2.13. The molecule has 6 heteroatoms. The Morgan fingerprint density at radius 1 is 0.844 bits per heavy atom. The van der Waals surface area contributed by atoms with E-state index < -0.39 is 0 Å². The number of halogens is 1. The van der Waals surface area contributed by atoms with E-state index in [0.717, 1.165) is 39.0 Å². The zero-order chi connectivity index (χ0) is 21.9. The molecule has 2 aromatic heterocycles. The Kier molecular flexibility index (Phi) is 5.40. The van der Waals surface area contributed by atoms with Crippen molar-refractivity contribution in [2.75, 3.05) is 12.4 Å². The van der Waals surface area contributed by atoms with E-state index in [1.807, 2.05) is 72.8 Å². The van der Waals surface area contributed by atoms with Crippen molar-refractivity contribution in [2.45, 2.75) is 0 Å². The second-order valence-electron chi connectivity index (χ2n) is 7.20. The molecule has 0 saturated carbocycles. The first-order valence-corrected chi connectivity index (χ1v) is 10.5. The Balaban J connectivity index is 1.66. The highest BCUT2D eigenvalue weighted by molar-refractivity contribution is 6.30. The van der Waals surface area contributed by atoms with Crippen LogP contribution in [0.3, 0.4) is 0 Å². The van der Waals surface area contributed by atoms with Gasteiger partial charge in [-0.1, -0.05) is 41.9 Å². The zero-order valence-corrected chi connectivity index (χ0v) is 18.0. The van der Waals surface area contributed by atoms with Crippen molar-refractivity contribution >= 4 is 34.0 Å². The number of nitrogens with zero attached hydrogens (tertiary/aromatic N) is 3. The van der Waals surface area contributed by atoms with Gasteiger partial charge in [-0.15, -0.1) is 0 Å². The SMILES string of the molecule is COc1ccc2nc(-c3cccnc3)nc(Nc3ccccc3-c3ccc(Cl)cc3)c2c1. The van der Waals surface area contributed by atoms with Crippen molar-refractivity contribution in [1.29, 1.82) is 0 Å². The molecule has 0 fully saturated rings. The number of para-hydroxylation sites is 1. The fourth-order valence-corrected chi connectivity index (χ4v) is 3.68. The zero-order valence-electron chi connectivity index (χ0n) is 17.3. The summed E-state index contributed by atoms with van der Waals surface area (Å²) in [4.78, 5) is 13.8. The van der Waals surface area contributed by atoms with E-state index in [9.17, 15) is 0 Å². The average molecular weight is 439 g/mol. The first-order valence-electron chi connectivity index (χ1n) is 10.1. The second-order valence-corrected chi connectivity index (χ2v) is 7.63. The van der Waals surface area contributed by atoms with Crippen LogP contribution >= 0.6 is 11.6 Å². The molecule has 0 bridgehead atoms. The summed E-state index contributed by atoms with van der Waals surface area (Å²) in [5, 5.41) is 5.10. The summed E-state index contributed by atoms with van der Waals surface area (Å²) >= 11 is 6.09. The van der Waals surface area contributed by atoms with Crippen LogP contribution in [0.1, 0.15) is 0 Å². The fraction of sp³-hybridized carbons (Fsp3) is 0.0385. The van der Waals surface area contributed by atoms with Gasteiger partial charge in [0.1, 0.15) is 11.6 Å². The van der Waals surface area contributed by atoms with Crippen LogP contribution in [0.25, 0.3) is 33.4 Å². The smallest absolute Gasteiger partial charge is 0.163 e. The minimum absolute atomic E-state index is 0.599. The van der Waals surface area contributed by atoms with E-state index in [0.29, 0.717) is 16.7 Å². The summed E-state index contributed by atoms with van der Waals surface area (Å²) in [6.45, 7) is 0. The van der Waals surface area contributed by atoms with Gasteiger partial charge in [0.05, 0.1) is 12.6 Å². The lowest BCUT2D eigenvalue weighted by Gasteiger charge is -2.15. The molecule has 0 amide bonds. The normalized spacial score (nSPS) is 10.8. The van der Waals surface area contributed by atoms with E-state index >= 15 is 0 Å². The molecule has 0 atom stereocenters. The Morgan fingerprint density at radius 3 is 2.47 bits per heavy atom. The van der Waals surface area contributed by atoms with Gasteiger partial charge in [0.25, 0.3) is 0 Å². The van der Waals surface area contributed by atoms with Gasteiger partial charge in [-0.05, 0) is 54.1 Å². The maximum Gasteiger partial charge on any atom is 0.163 e. The molecule has 5 nitrogen and oxygen atoms in total. The molecular formula is C26H19ClN4O. The van der Waals surface area contributed by atoms with Gasteiger partial charge in [-0.2, -0.15) is 0 Å². The van der Waals surface area contributed by atoms with Crippen LogP contribution < -0.4 is 10.1 Å². The molecule has 2 heterocycles. The summed E-state index contributed by atoms with van der Waals surface area (Å²) < 4.78 is 5.44. The molecule has 0 saturated heterocycles. The average Bonchev–Trinajstić information content (AvgIpc) is 2.85. The fourth-order valence-electron chi connectivity index (χ4n) is 3.55. The highest BCUT2D eigenvalue weighted by atomic mass is 35.5. The van der Waals surface area contributed by atoms with Gasteiger partial charge >= 0.3 is 0 Å². The van der Waals surface area contributed by atoms with Crippen molar-refractivity contribution in [3.63, 3.8) is 0 Å². The molecule has 0 aliphatic rings. The molecule has 0 spiro atoms. The van der Waals surface area contributed by atoms with Gasteiger partial charge < -0.3 is 10.1 Å². The minimum atomic E-state index is 0.599. The van der Waals surface area contributed by atoms with Crippen LogP contribution in [0.2, 0.25) is 5.02 Å². The number of rotatable bonds is 5. The maximum atomic E-state index is 6.09. The number of methoxy groups -OCH3 is 1. The molecule has 5 aromatic rings. The number of hydrogen-bond donors (Lipinski definition) is 1. The summed E-state index contributed by atoms with van der Waals surface area (Å²) in [6.07, 6.45) is 3.49. The monoisotopic (exact) mass is 438 g/mol. The molecule has 0 aliphatic heterocycles. The molecule has 0 unspecified atom stereocenters. The number of ether oxygens (including phenoxy) is 1. The van der Waals surface area contributed by atoms with E-state index in [1.165, 1.54) is 0 Å². The summed E-state index contributed by atoms with van der Waals surface area (Å²) in [5.74, 6) is 2.03. The minimum Gasteiger partial charge on any atom is -0.497 e. The molecule has 32 heavy (non-hydrogen) atoms. The first kappa shape index (κ1) is 20.0. The van der Waals surface area contributed by atoms with Crippen molar-refractivity contribution < 1.29 is 4.74 Å². The van der Waals surface area contributed by atoms with Crippen LogP contribution in [0.4, 0.5) is 11.5 Å². The van der Waals surface area contributed by atoms with Gasteiger partial charge in [0.15, 0.2) is 5.82 Å². The Labute approximate surface area is 190 Å². The summed E-state index contributed by atoms with van der Waals surface area (Å²) in [5.41, 5.74) is 4.68. The number of pyridine rings is 1. The van der Waals surface area contributed by atoms with Gasteiger partial charge in [-0.3, -0.25) is 4.98 Å². The third-order valence-corrected chi connectivity index (χ3v) is 5.41. The van der Waals surface area contributed by atoms with Crippen LogP contribution in [-0.2, 0) is 0 Å². The van der Waals surface area contributed by atoms with E-state index in [4.69, 9.17) is 26.3 Å². The van der Waals surface area contributed by atoms with Crippen molar-refractivity contribution in [1.82, 2.24) is 15.0 Å². The van der Waals surface area contributed by atoms with Gasteiger partial charge in [-0.25, -0.2) is 9.97 Å². The molecule has 3 aromatic carbocycles. The van der Waals surface area contributed by atoms with Crippen molar-refractivity contribution in [3.8, 4) is 28.3 Å². The third kappa shape index (κ3) is 3.98. The van der Waals surface area contributed by atoms with E-state index in [1.54, 1.807) is 19.5 Å². The van der Waals surface area contributed by atoms with Gasteiger partial charge in [0.2, 0.25) is 0 Å². The highest BCUT2D eigenvalue weighted by Crippen LogP contribution is 2.34. The molecule has 5 rings (SSSR count). The molecule has 0 radical (unpaired) electrons. The van der Waals surface area contributed by atoms with Crippen molar-refractivity contribution in [2.24, 2.45) is 0 Å². The number of nitrogens with one attached hydrogen (secondary N) is 1. The standard InChI is InChI=1S/C26H19ClN4O/c1-32-20-12-13-24-22(15-20)26(31-25(29-24)18-5-4-14-28-16-18)30-23-7-3-2-6-21(23)17-8-10-19(27)11-9-17/h2-16H,1H3,(H,29,30,31). The Hall–Kier alpha value is -3.96. The Morgan fingerprint density at radius 2 is 1.69 bits per heavy atom. The van der Waals surface area contributed by atoms with Gasteiger partial charge in [0, 0.05) is 39.6 Å². The largest absolute Gasteiger partial charge is 0.497 e. The number of aromatic nitrogens is 3. The molecule has 1 N–H and O–H groups in total. The predicted molar refractivity (Wildman–Crippen MR) is 129 cm³/mol. The molecule has 156 valence electrons. The lowest BCUT2D eigenvalue weighted by Crippen LogP contribution is -2.01. The topological polar surface area (TPSA) is 59.9 Å². The maximum absolute atomic E-state index is 6.09. The summed E-state index contributed by atoms with van der Waals surface area (Å²) in [6, 6.07) is 25.5. The van der Waals surface area contributed by atoms with E-state index in [2.05, 4.69) is 16.4 Å². The number of fused-ring (bicyclic) bond motifs is 1. The molecular weight excluding hydrogens is 420 g/mol. The molecule has 0 aliphatic carbocycles. The quantitative estimate of drug-likeness (QED) is 0.328. The Bertz CT molecular complexity index is 1390. The van der Waals surface area contributed by atoms with E-state index in [-0.39, 0.29) is 0 Å². The summed E-state index contributed by atoms with van der Waals surface area (Å²) in [7, 11) is 1.65. The van der Waals surface area contributed by atoms with Crippen LogP contribution in [0.15, 0.2) is 91.3 Å². The number of anilines is 2.